The molecule has 234 valence electrons. The van der Waals surface area contributed by atoms with Gasteiger partial charge in [0.1, 0.15) is 24.0 Å². The van der Waals surface area contributed by atoms with Crippen molar-refractivity contribution >= 4 is 34.1 Å². The van der Waals surface area contributed by atoms with Crippen LogP contribution in [0.3, 0.4) is 0 Å². The van der Waals surface area contributed by atoms with Crippen LogP contribution in [-0.2, 0) is 12.8 Å². The largest absolute Gasteiger partial charge is 0.493 e. The summed E-state index contributed by atoms with van der Waals surface area (Å²) < 4.78 is 8.24. The first-order valence-electron chi connectivity index (χ1n) is 16.0. The van der Waals surface area contributed by atoms with Crippen molar-refractivity contribution in [3.8, 4) is 22.9 Å². The van der Waals surface area contributed by atoms with Gasteiger partial charge in [-0.25, -0.2) is 14.6 Å². The van der Waals surface area contributed by atoms with Crippen LogP contribution in [0.15, 0.2) is 48.8 Å². The maximum Gasteiger partial charge on any atom is 0.164 e. The number of nitrogen functional groups attached to an aromatic ring is 1. The van der Waals surface area contributed by atoms with Gasteiger partial charge in [0, 0.05) is 35.8 Å². The number of nitrogens with two attached hydrogens (primary N) is 1. The van der Waals surface area contributed by atoms with Crippen molar-refractivity contribution in [1.29, 1.82) is 5.26 Å². The maximum atomic E-state index is 10.3. The Kier molecular flexibility index (Phi) is 7.60. The van der Waals surface area contributed by atoms with Gasteiger partial charge < -0.3 is 15.4 Å². The Hall–Kier alpha value is -4.61. The molecule has 2 aromatic heterocycles. The second kappa shape index (κ2) is 11.6. The Labute approximate surface area is 274 Å². The van der Waals surface area contributed by atoms with E-state index in [-0.39, 0.29) is 12.0 Å². The summed E-state index contributed by atoms with van der Waals surface area (Å²) in [6.45, 7) is 12.5. The van der Waals surface area contributed by atoms with Crippen molar-refractivity contribution in [2.24, 2.45) is 5.92 Å². The first-order valence-corrected chi connectivity index (χ1v) is 16.4. The number of halogens is 1. The molecule has 0 spiro atoms. The molecule has 1 aliphatic carbocycles. The lowest BCUT2D eigenvalue weighted by atomic mass is 9.83. The Morgan fingerprint density at radius 1 is 1.11 bits per heavy atom. The topological polar surface area (TPSA) is 106 Å². The second-order valence-corrected chi connectivity index (χ2v) is 13.3. The maximum absolute atomic E-state index is 10.3. The van der Waals surface area contributed by atoms with Crippen molar-refractivity contribution in [3.63, 3.8) is 0 Å². The van der Waals surface area contributed by atoms with Gasteiger partial charge >= 0.3 is 0 Å². The van der Waals surface area contributed by atoms with Crippen molar-refractivity contribution in [1.82, 2.24) is 19.7 Å². The van der Waals surface area contributed by atoms with Crippen molar-refractivity contribution in [2.45, 2.75) is 59.4 Å². The molecule has 1 aliphatic heterocycles. The third-order valence-corrected chi connectivity index (χ3v) is 9.83. The minimum Gasteiger partial charge on any atom is -0.493 e. The van der Waals surface area contributed by atoms with Gasteiger partial charge in [0.05, 0.1) is 34.3 Å². The molecular formula is C37H38ClN7O. The standard InChI is InChI=1S/C37H38ClN7O/c1-6-46-35-27(22(5)45-37-33(21(4)43-45)36(40)41-19-42-37)15-31(38)30(16-39)34(35)24-17-44(18-24)32-12-11-26-25-10-8-7-9-23(25)14-28(26)29(32)13-20(2)3/h7-12,15,19-20,22,24H,6,13-14,17-18H2,1-5H3,(H2,40,41,42). The van der Waals surface area contributed by atoms with Crippen LogP contribution in [0.1, 0.15) is 78.7 Å². The number of nitrogens with zero attached hydrogens (tertiary/aromatic N) is 6. The molecule has 7 rings (SSSR count). The summed E-state index contributed by atoms with van der Waals surface area (Å²) in [6, 6.07) is 17.3. The molecule has 1 saturated heterocycles. The third kappa shape index (κ3) is 4.76. The molecular weight excluding hydrogens is 594 g/mol. The smallest absolute Gasteiger partial charge is 0.164 e. The van der Waals surface area contributed by atoms with E-state index in [1.54, 1.807) is 0 Å². The summed E-state index contributed by atoms with van der Waals surface area (Å²) in [4.78, 5) is 11.1. The number of anilines is 2. The van der Waals surface area contributed by atoms with Gasteiger partial charge in [-0.1, -0.05) is 55.8 Å². The Morgan fingerprint density at radius 2 is 1.89 bits per heavy atom. The molecule has 8 nitrogen and oxygen atoms in total. The highest BCUT2D eigenvalue weighted by atomic mass is 35.5. The predicted octanol–water partition coefficient (Wildman–Crippen LogP) is 7.62. The van der Waals surface area contributed by atoms with Crippen molar-refractivity contribution in [2.75, 3.05) is 30.3 Å². The zero-order valence-corrected chi connectivity index (χ0v) is 27.7. The number of benzene rings is 3. The number of hydrogen-bond donors (Lipinski definition) is 1. The molecule has 2 aliphatic rings. The summed E-state index contributed by atoms with van der Waals surface area (Å²) in [7, 11) is 0. The van der Waals surface area contributed by atoms with E-state index < -0.39 is 0 Å². The molecule has 1 unspecified atom stereocenters. The molecule has 46 heavy (non-hydrogen) atoms. The molecule has 5 aromatic rings. The van der Waals surface area contributed by atoms with Crippen LogP contribution in [-0.4, -0.2) is 39.4 Å². The quantitative estimate of drug-likeness (QED) is 0.184. The number of nitriles is 1. The van der Waals surface area contributed by atoms with Gasteiger partial charge in [0.15, 0.2) is 5.65 Å². The van der Waals surface area contributed by atoms with E-state index in [9.17, 15) is 5.26 Å². The number of ether oxygens (including phenoxy) is 1. The first kappa shape index (κ1) is 30.1. The molecule has 2 N–H and O–H groups in total. The molecule has 9 heteroatoms. The summed E-state index contributed by atoms with van der Waals surface area (Å²) in [5, 5.41) is 16.3. The van der Waals surface area contributed by atoms with Crippen LogP contribution in [0.4, 0.5) is 11.5 Å². The summed E-state index contributed by atoms with van der Waals surface area (Å²) >= 11 is 6.89. The zero-order chi connectivity index (χ0) is 32.3. The molecule has 0 radical (unpaired) electrons. The second-order valence-electron chi connectivity index (χ2n) is 12.9. The van der Waals surface area contributed by atoms with Crippen LogP contribution in [0, 0.1) is 24.2 Å². The van der Waals surface area contributed by atoms with E-state index in [1.165, 1.54) is 39.8 Å². The first-order chi connectivity index (χ1) is 22.2. The summed E-state index contributed by atoms with van der Waals surface area (Å²) in [5.74, 6) is 1.70. The monoisotopic (exact) mass is 631 g/mol. The van der Waals surface area contributed by atoms with Crippen LogP contribution in [0.5, 0.6) is 5.75 Å². The fourth-order valence-electron chi connectivity index (χ4n) is 7.41. The number of hydrogen-bond acceptors (Lipinski definition) is 7. The van der Waals surface area contributed by atoms with Crippen LogP contribution in [0.25, 0.3) is 22.2 Å². The third-order valence-electron chi connectivity index (χ3n) is 9.53. The average molecular weight is 632 g/mol. The molecule has 1 fully saturated rings. The molecule has 1 atom stereocenters. The van der Waals surface area contributed by atoms with Gasteiger partial charge in [-0.15, -0.1) is 0 Å². The SMILES string of the molecule is CCOc1c(C(C)n2nc(C)c3c(N)ncnc32)cc(Cl)c(C#N)c1C1CN(c2ccc3c(c2CC(C)C)Cc2ccccc2-3)C1. The number of aryl methyl sites for hydroxylation is 1. The lowest BCUT2D eigenvalue weighted by molar-refractivity contribution is 0.323. The normalized spacial score (nSPS) is 14.7. The van der Waals surface area contributed by atoms with E-state index in [1.807, 2.05) is 31.5 Å². The number of aromatic nitrogens is 4. The van der Waals surface area contributed by atoms with E-state index in [4.69, 9.17) is 27.2 Å². The molecule has 0 amide bonds. The highest BCUT2D eigenvalue weighted by molar-refractivity contribution is 6.32. The van der Waals surface area contributed by atoms with E-state index >= 15 is 0 Å². The number of fused-ring (bicyclic) bond motifs is 4. The van der Waals surface area contributed by atoms with Gasteiger partial charge in [-0.2, -0.15) is 10.4 Å². The summed E-state index contributed by atoms with van der Waals surface area (Å²) in [5.41, 5.74) is 18.1. The summed E-state index contributed by atoms with van der Waals surface area (Å²) in [6.07, 6.45) is 3.45. The van der Waals surface area contributed by atoms with Crippen molar-refractivity contribution in [3.05, 3.63) is 92.9 Å². The van der Waals surface area contributed by atoms with Gasteiger partial charge in [-0.3, -0.25) is 0 Å². The highest BCUT2D eigenvalue weighted by Gasteiger charge is 2.37. The molecule has 0 saturated carbocycles. The predicted molar refractivity (Wildman–Crippen MR) is 184 cm³/mol. The fourth-order valence-corrected chi connectivity index (χ4v) is 7.68. The zero-order valence-electron chi connectivity index (χ0n) is 26.9. The molecule has 3 heterocycles. The van der Waals surface area contributed by atoms with E-state index in [2.05, 4.69) is 71.2 Å². The lowest BCUT2D eigenvalue weighted by Crippen LogP contribution is -2.46. The van der Waals surface area contributed by atoms with Gasteiger partial charge in [0.25, 0.3) is 0 Å². The Bertz CT molecular complexity index is 2040. The van der Waals surface area contributed by atoms with Crippen LogP contribution >= 0.6 is 11.6 Å². The Morgan fingerprint density at radius 3 is 2.63 bits per heavy atom. The molecule has 3 aromatic carbocycles. The van der Waals surface area contributed by atoms with Crippen LogP contribution < -0.4 is 15.4 Å². The van der Waals surface area contributed by atoms with E-state index in [0.29, 0.717) is 40.3 Å². The minimum absolute atomic E-state index is 0.0762. The fraction of sp³-hybridized carbons (Fsp3) is 0.351. The van der Waals surface area contributed by atoms with Gasteiger partial charge in [-0.05, 0) is 79.5 Å². The van der Waals surface area contributed by atoms with E-state index in [0.717, 1.165) is 48.1 Å². The highest BCUT2D eigenvalue weighted by Crippen LogP contribution is 2.48. The average Bonchev–Trinajstić information content (AvgIpc) is 3.56. The molecule has 0 bridgehead atoms. The number of rotatable bonds is 8. The van der Waals surface area contributed by atoms with Gasteiger partial charge in [0.2, 0.25) is 0 Å². The Balaban J connectivity index is 1.27. The minimum atomic E-state index is -0.289. The van der Waals surface area contributed by atoms with Crippen LogP contribution in [0.2, 0.25) is 5.02 Å². The van der Waals surface area contributed by atoms with Crippen molar-refractivity contribution < 1.29 is 4.74 Å². The lowest BCUT2D eigenvalue weighted by Gasteiger charge is -2.44.